The van der Waals surface area contributed by atoms with Crippen LogP contribution in [0.25, 0.3) is 0 Å². The van der Waals surface area contributed by atoms with E-state index in [1.54, 1.807) is 0 Å². The van der Waals surface area contributed by atoms with Crippen molar-refractivity contribution in [3.63, 3.8) is 0 Å². The summed E-state index contributed by atoms with van der Waals surface area (Å²) in [5, 5.41) is 9.03. The Morgan fingerprint density at radius 3 is 2.96 bits per heavy atom. The van der Waals surface area contributed by atoms with E-state index in [0.717, 1.165) is 33.3 Å². The predicted molar refractivity (Wildman–Crippen MR) is 90.3 cm³/mol. The summed E-state index contributed by atoms with van der Waals surface area (Å²) in [6, 6.07) is 1.81. The summed E-state index contributed by atoms with van der Waals surface area (Å²) in [4.78, 5) is 20.0. The smallest absolute Gasteiger partial charge is 0.266 e. The number of thiazole rings is 1. The van der Waals surface area contributed by atoms with Gasteiger partial charge in [-0.25, -0.2) is 4.98 Å². The molecule has 3 rings (SSSR count). The number of carbonyl (C=O) groups is 1. The summed E-state index contributed by atoms with van der Waals surface area (Å²) >= 11 is 1.52. The number of nitrogens with zero attached hydrogens (tertiary/aromatic N) is 4. The van der Waals surface area contributed by atoms with Gasteiger partial charge in [0.05, 0.1) is 16.4 Å². The van der Waals surface area contributed by atoms with Crippen molar-refractivity contribution >= 4 is 23.1 Å². The van der Waals surface area contributed by atoms with Crippen LogP contribution >= 0.6 is 11.3 Å². The number of hydrogen-bond donors (Lipinski definition) is 1. The molecule has 0 radical (unpaired) electrons. The molecular formula is C16H21N5OS. The maximum absolute atomic E-state index is 12.8. The molecule has 1 aliphatic rings. The molecule has 7 heteroatoms. The van der Waals surface area contributed by atoms with E-state index >= 15 is 0 Å². The quantitative estimate of drug-likeness (QED) is 0.932. The SMILES string of the molecule is Cc1nc(CC(C)C)sc1C(=O)N1CCc2nnc(N)cc2C1. The number of anilines is 1. The van der Waals surface area contributed by atoms with Crippen LogP contribution in [-0.2, 0) is 19.4 Å². The highest BCUT2D eigenvalue weighted by Gasteiger charge is 2.26. The van der Waals surface area contributed by atoms with Crippen molar-refractivity contribution in [1.29, 1.82) is 0 Å². The van der Waals surface area contributed by atoms with Gasteiger partial charge in [0.25, 0.3) is 5.91 Å². The number of nitrogen functional groups attached to an aromatic ring is 1. The van der Waals surface area contributed by atoms with Gasteiger partial charge in [0.1, 0.15) is 10.7 Å². The maximum Gasteiger partial charge on any atom is 0.266 e. The highest BCUT2D eigenvalue weighted by Crippen LogP contribution is 2.25. The molecule has 0 unspecified atom stereocenters. The van der Waals surface area contributed by atoms with Crippen LogP contribution in [0.3, 0.4) is 0 Å². The normalized spacial score (nSPS) is 14.2. The fraction of sp³-hybridized carbons (Fsp3) is 0.500. The molecule has 0 aliphatic carbocycles. The minimum absolute atomic E-state index is 0.0519. The Morgan fingerprint density at radius 1 is 1.43 bits per heavy atom. The third-order valence-corrected chi connectivity index (χ3v) is 5.03. The largest absolute Gasteiger partial charge is 0.382 e. The second kappa shape index (κ2) is 6.23. The van der Waals surface area contributed by atoms with Crippen LogP contribution < -0.4 is 5.73 Å². The Hall–Kier alpha value is -2.02. The standard InChI is InChI=1S/C16H21N5OS/c1-9(2)6-14-18-10(3)15(23-14)16(22)21-5-4-12-11(8-21)7-13(17)20-19-12/h7,9H,4-6,8H2,1-3H3,(H2,17,20). The fourth-order valence-corrected chi connectivity index (χ4v) is 3.99. The molecular weight excluding hydrogens is 310 g/mol. The van der Waals surface area contributed by atoms with E-state index in [4.69, 9.17) is 5.73 Å². The molecule has 1 aliphatic heterocycles. The summed E-state index contributed by atoms with van der Waals surface area (Å²) in [5.74, 6) is 0.981. The Labute approximate surface area is 139 Å². The summed E-state index contributed by atoms with van der Waals surface area (Å²) in [5.41, 5.74) is 8.45. The van der Waals surface area contributed by atoms with Gasteiger partial charge < -0.3 is 10.6 Å². The predicted octanol–water partition coefficient (Wildman–Crippen LogP) is 2.22. The molecule has 0 saturated carbocycles. The van der Waals surface area contributed by atoms with E-state index in [-0.39, 0.29) is 5.91 Å². The number of aryl methyl sites for hydroxylation is 1. The van der Waals surface area contributed by atoms with Crippen molar-refractivity contribution in [1.82, 2.24) is 20.1 Å². The first-order valence-corrected chi connectivity index (χ1v) is 8.62. The van der Waals surface area contributed by atoms with Gasteiger partial charge >= 0.3 is 0 Å². The van der Waals surface area contributed by atoms with Gasteiger partial charge in [-0.1, -0.05) is 13.8 Å². The molecule has 0 saturated heterocycles. The summed E-state index contributed by atoms with van der Waals surface area (Å²) in [6.45, 7) is 7.41. The lowest BCUT2D eigenvalue weighted by atomic mass is 10.1. The zero-order valence-electron chi connectivity index (χ0n) is 13.7. The Balaban J connectivity index is 1.80. The van der Waals surface area contributed by atoms with Crippen LogP contribution in [0.2, 0.25) is 0 Å². The molecule has 23 heavy (non-hydrogen) atoms. The van der Waals surface area contributed by atoms with Crippen molar-refractivity contribution < 1.29 is 4.79 Å². The van der Waals surface area contributed by atoms with Gasteiger partial charge in [0, 0.05) is 25.9 Å². The molecule has 0 bridgehead atoms. The Morgan fingerprint density at radius 2 is 2.22 bits per heavy atom. The minimum Gasteiger partial charge on any atom is -0.382 e. The molecule has 2 aromatic rings. The van der Waals surface area contributed by atoms with Gasteiger partial charge in [-0.05, 0) is 24.5 Å². The second-order valence-electron chi connectivity index (χ2n) is 6.34. The number of fused-ring (bicyclic) bond motifs is 1. The van der Waals surface area contributed by atoms with Crippen molar-refractivity contribution in [3.8, 4) is 0 Å². The molecule has 0 atom stereocenters. The fourth-order valence-electron chi connectivity index (χ4n) is 2.75. The van der Waals surface area contributed by atoms with Crippen LogP contribution in [-0.4, -0.2) is 32.5 Å². The number of aromatic nitrogens is 3. The van der Waals surface area contributed by atoms with Crippen molar-refractivity contribution in [3.05, 3.63) is 32.9 Å². The molecule has 122 valence electrons. The molecule has 6 nitrogen and oxygen atoms in total. The first kappa shape index (κ1) is 15.9. The number of carbonyl (C=O) groups excluding carboxylic acids is 1. The van der Waals surface area contributed by atoms with Crippen LogP contribution in [0.4, 0.5) is 5.82 Å². The lowest BCUT2D eigenvalue weighted by molar-refractivity contribution is 0.0737. The van der Waals surface area contributed by atoms with E-state index in [1.165, 1.54) is 11.3 Å². The highest BCUT2D eigenvalue weighted by molar-refractivity contribution is 7.13. The highest BCUT2D eigenvalue weighted by atomic mass is 32.1. The first-order valence-electron chi connectivity index (χ1n) is 7.80. The van der Waals surface area contributed by atoms with Crippen LogP contribution in [0.15, 0.2) is 6.07 Å². The average molecular weight is 331 g/mol. The number of hydrogen-bond acceptors (Lipinski definition) is 6. The third kappa shape index (κ3) is 3.34. The molecule has 3 heterocycles. The van der Waals surface area contributed by atoms with Gasteiger partial charge in [-0.3, -0.25) is 4.79 Å². The van der Waals surface area contributed by atoms with Crippen molar-refractivity contribution in [2.75, 3.05) is 12.3 Å². The Bertz CT molecular complexity index is 740. The van der Waals surface area contributed by atoms with Crippen LogP contribution in [0.1, 0.15) is 45.5 Å². The number of amides is 1. The summed E-state index contributed by atoms with van der Waals surface area (Å²) < 4.78 is 0. The monoisotopic (exact) mass is 331 g/mol. The summed E-state index contributed by atoms with van der Waals surface area (Å²) in [6.07, 6.45) is 1.62. The molecule has 0 spiro atoms. The molecule has 0 aromatic carbocycles. The second-order valence-corrected chi connectivity index (χ2v) is 7.42. The Kier molecular flexibility index (Phi) is 4.30. The molecule has 2 aromatic heterocycles. The summed E-state index contributed by atoms with van der Waals surface area (Å²) in [7, 11) is 0. The molecule has 1 amide bonds. The third-order valence-electron chi connectivity index (χ3n) is 3.86. The van der Waals surface area contributed by atoms with Crippen molar-refractivity contribution in [2.45, 2.75) is 40.2 Å². The van der Waals surface area contributed by atoms with Crippen LogP contribution in [0, 0.1) is 12.8 Å². The lowest BCUT2D eigenvalue weighted by Gasteiger charge is -2.27. The topological polar surface area (TPSA) is 85.0 Å². The van der Waals surface area contributed by atoms with E-state index in [2.05, 4.69) is 29.0 Å². The molecule has 0 fully saturated rings. The van der Waals surface area contributed by atoms with E-state index in [1.807, 2.05) is 17.9 Å². The number of rotatable bonds is 3. The van der Waals surface area contributed by atoms with Gasteiger partial charge in [0.2, 0.25) is 0 Å². The number of nitrogens with two attached hydrogens (primary N) is 1. The van der Waals surface area contributed by atoms with Crippen LogP contribution in [0.5, 0.6) is 0 Å². The average Bonchev–Trinajstić information content (AvgIpc) is 2.85. The van der Waals surface area contributed by atoms with E-state index in [9.17, 15) is 4.79 Å². The van der Waals surface area contributed by atoms with Gasteiger partial charge in [-0.2, -0.15) is 5.10 Å². The van der Waals surface area contributed by atoms with E-state index < -0.39 is 0 Å². The maximum atomic E-state index is 12.8. The minimum atomic E-state index is 0.0519. The lowest BCUT2D eigenvalue weighted by Crippen LogP contribution is -2.36. The zero-order valence-corrected chi connectivity index (χ0v) is 14.5. The van der Waals surface area contributed by atoms with E-state index in [0.29, 0.717) is 31.2 Å². The zero-order chi connectivity index (χ0) is 16.6. The van der Waals surface area contributed by atoms with Gasteiger partial charge in [-0.15, -0.1) is 16.4 Å². The first-order chi connectivity index (χ1) is 10.9. The van der Waals surface area contributed by atoms with Crippen molar-refractivity contribution in [2.24, 2.45) is 5.92 Å². The van der Waals surface area contributed by atoms with Gasteiger partial charge in [0.15, 0.2) is 0 Å². The molecule has 2 N–H and O–H groups in total.